The average Bonchev–Trinajstić information content (AvgIpc) is 3.12. The van der Waals surface area contributed by atoms with Crippen LogP contribution in [0, 0.1) is 13.8 Å². The first-order chi connectivity index (χ1) is 14.8. The van der Waals surface area contributed by atoms with E-state index in [1.807, 2.05) is 79.3 Å². The fourth-order valence-electron chi connectivity index (χ4n) is 3.84. The van der Waals surface area contributed by atoms with Crippen molar-refractivity contribution in [2.24, 2.45) is 7.05 Å². The van der Waals surface area contributed by atoms with E-state index in [-0.39, 0.29) is 0 Å². The second-order valence-electron chi connectivity index (χ2n) is 7.06. The summed E-state index contributed by atoms with van der Waals surface area (Å²) in [5.74, 6) is 0. The SMILES string of the molecule is [2H]C([2H])([2H])c1cc(-c2c(C)ccc3c2oc2ncccc23)[n+](C)cc1-c1ccccc1. The third-order valence-corrected chi connectivity index (χ3v) is 5.24. The normalized spacial score (nSPS) is 13.4. The molecule has 136 valence electrons. The number of benzene rings is 2. The highest BCUT2D eigenvalue weighted by atomic mass is 16.3. The molecule has 5 rings (SSSR count). The quantitative estimate of drug-likeness (QED) is 0.371. The van der Waals surface area contributed by atoms with Crippen molar-refractivity contribution < 1.29 is 13.1 Å². The van der Waals surface area contributed by atoms with E-state index in [0.717, 1.165) is 33.2 Å². The van der Waals surface area contributed by atoms with Gasteiger partial charge in [0.25, 0.3) is 0 Å². The van der Waals surface area contributed by atoms with Crippen LogP contribution in [0.15, 0.2) is 77.5 Å². The fourth-order valence-corrected chi connectivity index (χ4v) is 3.84. The Bertz CT molecular complexity index is 1440. The molecule has 0 N–H and O–H groups in total. The number of hydrogen-bond donors (Lipinski definition) is 0. The average molecular weight is 368 g/mol. The number of aryl methyl sites for hydroxylation is 3. The molecule has 0 radical (unpaired) electrons. The monoisotopic (exact) mass is 368 g/mol. The lowest BCUT2D eigenvalue weighted by Gasteiger charge is -2.10. The summed E-state index contributed by atoms with van der Waals surface area (Å²) in [5.41, 5.74) is 5.85. The molecule has 0 spiro atoms. The van der Waals surface area contributed by atoms with Crippen LogP contribution in [0.3, 0.4) is 0 Å². The minimum absolute atomic E-state index is 0.317. The molecule has 0 unspecified atom stereocenters. The molecule has 0 atom stereocenters. The van der Waals surface area contributed by atoms with Gasteiger partial charge in [0.15, 0.2) is 11.8 Å². The Balaban J connectivity index is 1.84. The minimum Gasteiger partial charge on any atom is -0.437 e. The molecule has 5 aromatic rings. The lowest BCUT2D eigenvalue weighted by molar-refractivity contribution is -0.659. The van der Waals surface area contributed by atoms with E-state index in [4.69, 9.17) is 8.53 Å². The molecule has 0 saturated heterocycles. The fraction of sp³-hybridized carbons (Fsp3) is 0.120. The Labute approximate surface area is 168 Å². The van der Waals surface area contributed by atoms with Crippen LogP contribution in [0.4, 0.5) is 0 Å². The van der Waals surface area contributed by atoms with Crippen LogP contribution in [-0.2, 0) is 7.05 Å². The van der Waals surface area contributed by atoms with E-state index < -0.39 is 6.85 Å². The second-order valence-corrected chi connectivity index (χ2v) is 7.06. The number of pyridine rings is 2. The standard InChI is InChI=1S/C25H21N2O/c1-16-11-12-19-20-10-7-13-26-25(20)28-24(19)23(16)22-14-17(2)21(15-27(22)3)18-8-5-4-6-9-18/h4-15H,1-3H3/q+1/i2D3. The van der Waals surface area contributed by atoms with Crippen LogP contribution < -0.4 is 4.57 Å². The van der Waals surface area contributed by atoms with E-state index in [0.29, 0.717) is 22.4 Å². The van der Waals surface area contributed by atoms with Gasteiger partial charge in [0.2, 0.25) is 11.4 Å². The Kier molecular flexibility index (Phi) is 3.08. The van der Waals surface area contributed by atoms with Gasteiger partial charge in [0, 0.05) is 32.7 Å². The van der Waals surface area contributed by atoms with Crippen molar-refractivity contribution in [3.8, 4) is 22.4 Å². The molecular weight excluding hydrogens is 344 g/mol. The van der Waals surface area contributed by atoms with Crippen molar-refractivity contribution >= 4 is 22.1 Å². The predicted molar refractivity (Wildman–Crippen MR) is 113 cm³/mol. The highest BCUT2D eigenvalue weighted by Gasteiger charge is 2.22. The molecule has 0 saturated carbocycles. The first kappa shape index (κ1) is 13.7. The molecule has 0 fully saturated rings. The van der Waals surface area contributed by atoms with Crippen molar-refractivity contribution in [2.45, 2.75) is 13.8 Å². The third kappa shape index (κ3) is 2.51. The van der Waals surface area contributed by atoms with E-state index in [9.17, 15) is 0 Å². The number of furan rings is 1. The van der Waals surface area contributed by atoms with Gasteiger partial charge < -0.3 is 4.42 Å². The number of fused-ring (bicyclic) bond motifs is 3. The van der Waals surface area contributed by atoms with Gasteiger partial charge in [-0.2, -0.15) is 0 Å². The van der Waals surface area contributed by atoms with Crippen molar-refractivity contribution in [2.75, 3.05) is 0 Å². The highest BCUT2D eigenvalue weighted by Crippen LogP contribution is 2.37. The third-order valence-electron chi connectivity index (χ3n) is 5.24. The van der Waals surface area contributed by atoms with Crippen molar-refractivity contribution in [3.05, 3.63) is 84.2 Å². The van der Waals surface area contributed by atoms with E-state index >= 15 is 0 Å². The van der Waals surface area contributed by atoms with Gasteiger partial charge in [0.05, 0.1) is 5.56 Å². The molecule has 3 nitrogen and oxygen atoms in total. The van der Waals surface area contributed by atoms with Crippen molar-refractivity contribution in [1.29, 1.82) is 0 Å². The Morgan fingerprint density at radius 2 is 1.82 bits per heavy atom. The van der Waals surface area contributed by atoms with Gasteiger partial charge in [-0.15, -0.1) is 0 Å². The number of aromatic nitrogens is 2. The topological polar surface area (TPSA) is 29.9 Å². The summed E-state index contributed by atoms with van der Waals surface area (Å²) in [6, 6.07) is 19.3. The van der Waals surface area contributed by atoms with Crippen molar-refractivity contribution in [3.63, 3.8) is 0 Å². The number of hydrogen-bond acceptors (Lipinski definition) is 2. The summed E-state index contributed by atoms with van der Waals surface area (Å²) in [6.07, 6.45) is 3.60. The van der Waals surface area contributed by atoms with Crippen molar-refractivity contribution in [1.82, 2.24) is 4.98 Å². The molecule has 28 heavy (non-hydrogen) atoms. The van der Waals surface area contributed by atoms with Gasteiger partial charge in [-0.05, 0) is 42.6 Å². The highest BCUT2D eigenvalue weighted by molar-refractivity contribution is 6.08. The largest absolute Gasteiger partial charge is 0.437 e. The van der Waals surface area contributed by atoms with Gasteiger partial charge in [-0.1, -0.05) is 42.5 Å². The summed E-state index contributed by atoms with van der Waals surface area (Å²) < 4.78 is 32.7. The maximum Gasteiger partial charge on any atom is 0.227 e. The Hall–Kier alpha value is -3.46. The lowest BCUT2D eigenvalue weighted by atomic mass is 9.97. The van der Waals surface area contributed by atoms with E-state index in [2.05, 4.69) is 4.98 Å². The smallest absolute Gasteiger partial charge is 0.227 e. The predicted octanol–water partition coefficient (Wildman–Crippen LogP) is 5.76. The van der Waals surface area contributed by atoms with Crippen LogP contribution in [0.5, 0.6) is 0 Å². The van der Waals surface area contributed by atoms with Crippen LogP contribution >= 0.6 is 0 Å². The maximum atomic E-state index is 8.19. The Morgan fingerprint density at radius 3 is 2.64 bits per heavy atom. The summed E-state index contributed by atoms with van der Waals surface area (Å²) in [6.45, 7) is -0.249. The zero-order valence-electron chi connectivity index (χ0n) is 18.7. The summed E-state index contributed by atoms with van der Waals surface area (Å²) >= 11 is 0. The summed E-state index contributed by atoms with van der Waals surface area (Å²) in [7, 11) is 1.93. The first-order valence-corrected chi connectivity index (χ1v) is 9.21. The first-order valence-electron chi connectivity index (χ1n) is 10.7. The maximum absolute atomic E-state index is 8.19. The van der Waals surface area contributed by atoms with Gasteiger partial charge in [-0.3, -0.25) is 0 Å². The zero-order valence-corrected chi connectivity index (χ0v) is 15.7. The van der Waals surface area contributed by atoms with Crippen LogP contribution in [0.25, 0.3) is 44.5 Å². The molecule has 3 heterocycles. The van der Waals surface area contributed by atoms with Gasteiger partial charge >= 0.3 is 0 Å². The van der Waals surface area contributed by atoms with E-state index in [1.165, 1.54) is 0 Å². The molecule has 0 aliphatic heterocycles. The molecule has 0 aliphatic carbocycles. The van der Waals surface area contributed by atoms with Crippen LogP contribution in [0.2, 0.25) is 0 Å². The minimum atomic E-state index is -2.26. The summed E-state index contributed by atoms with van der Waals surface area (Å²) in [5, 5.41) is 1.91. The van der Waals surface area contributed by atoms with E-state index in [1.54, 1.807) is 12.3 Å². The molecular formula is C25H21N2O+. The number of nitrogens with zero attached hydrogens (tertiary/aromatic N) is 2. The molecule has 0 amide bonds. The molecule has 0 bridgehead atoms. The Morgan fingerprint density at radius 1 is 0.964 bits per heavy atom. The lowest BCUT2D eigenvalue weighted by Crippen LogP contribution is -2.31. The second kappa shape index (κ2) is 6.31. The number of rotatable bonds is 2. The zero-order chi connectivity index (χ0) is 21.8. The molecule has 2 aromatic carbocycles. The molecule has 3 heteroatoms. The van der Waals surface area contributed by atoms with Gasteiger partial charge in [0.1, 0.15) is 7.05 Å². The van der Waals surface area contributed by atoms with Crippen LogP contribution in [0.1, 0.15) is 15.2 Å². The van der Waals surface area contributed by atoms with Gasteiger partial charge in [-0.25, -0.2) is 9.55 Å². The van der Waals surface area contributed by atoms with Crippen LogP contribution in [-0.4, -0.2) is 4.98 Å². The summed E-state index contributed by atoms with van der Waals surface area (Å²) in [4.78, 5) is 4.35. The molecule has 3 aromatic heterocycles. The molecule has 0 aliphatic rings.